The number of ether oxygens (including phenoxy) is 2. The second-order valence-corrected chi connectivity index (χ2v) is 6.77. The predicted octanol–water partition coefficient (Wildman–Crippen LogP) is 2.50. The van der Waals surface area contributed by atoms with Crippen molar-refractivity contribution in [3.05, 3.63) is 80.8 Å². The first-order valence-electron chi connectivity index (χ1n) is 9.56. The fourth-order valence-corrected chi connectivity index (χ4v) is 3.07. The van der Waals surface area contributed by atoms with E-state index in [1.54, 1.807) is 43.3 Å². The van der Waals surface area contributed by atoms with E-state index < -0.39 is 11.5 Å². The van der Waals surface area contributed by atoms with Crippen LogP contribution in [0.1, 0.15) is 32.7 Å². The van der Waals surface area contributed by atoms with Gasteiger partial charge in [-0.05, 0) is 43.7 Å². The summed E-state index contributed by atoms with van der Waals surface area (Å²) in [6.07, 6.45) is 1.40. The minimum absolute atomic E-state index is 0.0841. The van der Waals surface area contributed by atoms with E-state index in [1.165, 1.54) is 27.4 Å². The molecule has 9 heteroatoms. The summed E-state index contributed by atoms with van der Waals surface area (Å²) in [4.78, 5) is 25.6. The number of aryl methyl sites for hydroxylation is 1. The Balaban J connectivity index is 1.98. The molecule has 3 rings (SSSR count). The molecule has 1 amide bonds. The van der Waals surface area contributed by atoms with Crippen molar-refractivity contribution in [2.75, 3.05) is 14.2 Å². The van der Waals surface area contributed by atoms with E-state index in [4.69, 9.17) is 9.47 Å². The summed E-state index contributed by atoms with van der Waals surface area (Å²) >= 11 is 0. The van der Waals surface area contributed by atoms with Gasteiger partial charge in [0.15, 0.2) is 5.69 Å². The molecule has 0 bridgehead atoms. The zero-order chi connectivity index (χ0) is 23.3. The molecule has 1 N–H and O–H groups in total. The topological polar surface area (TPSA) is 119 Å². The van der Waals surface area contributed by atoms with Gasteiger partial charge in [-0.2, -0.15) is 20.1 Å². The highest BCUT2D eigenvalue weighted by molar-refractivity contribution is 5.95. The van der Waals surface area contributed by atoms with Gasteiger partial charge in [-0.25, -0.2) is 5.43 Å². The van der Waals surface area contributed by atoms with Crippen molar-refractivity contribution < 1.29 is 14.3 Å². The molecule has 32 heavy (non-hydrogen) atoms. The molecule has 0 unspecified atom stereocenters. The highest BCUT2D eigenvalue weighted by Crippen LogP contribution is 2.22. The molecule has 1 heterocycles. The highest BCUT2D eigenvalue weighted by atomic mass is 16.5. The molecule has 0 aliphatic carbocycles. The van der Waals surface area contributed by atoms with Crippen LogP contribution in [-0.4, -0.2) is 36.1 Å². The number of hydrazone groups is 1. The largest absolute Gasteiger partial charge is 0.497 e. The maximum Gasteiger partial charge on any atom is 0.292 e. The average Bonchev–Trinajstić information content (AvgIpc) is 2.80. The fourth-order valence-electron chi connectivity index (χ4n) is 3.07. The van der Waals surface area contributed by atoms with Gasteiger partial charge in [0, 0.05) is 11.1 Å². The van der Waals surface area contributed by atoms with E-state index in [0.29, 0.717) is 22.7 Å². The van der Waals surface area contributed by atoms with Crippen molar-refractivity contribution in [1.29, 1.82) is 5.26 Å². The normalized spacial score (nSPS) is 10.6. The number of nitrogens with one attached hydrogen (secondary N) is 1. The Kier molecular flexibility index (Phi) is 6.65. The van der Waals surface area contributed by atoms with Gasteiger partial charge < -0.3 is 9.47 Å². The quantitative estimate of drug-likeness (QED) is 0.473. The van der Waals surface area contributed by atoms with Gasteiger partial charge >= 0.3 is 0 Å². The van der Waals surface area contributed by atoms with E-state index in [2.05, 4.69) is 15.6 Å². The lowest BCUT2D eigenvalue weighted by atomic mass is 10.1. The van der Waals surface area contributed by atoms with Crippen LogP contribution in [0.2, 0.25) is 0 Å². The number of methoxy groups -OCH3 is 2. The third-order valence-electron chi connectivity index (χ3n) is 4.81. The van der Waals surface area contributed by atoms with Crippen molar-refractivity contribution in [3.8, 4) is 23.3 Å². The first-order chi connectivity index (χ1) is 15.4. The molecule has 9 nitrogen and oxygen atoms in total. The lowest BCUT2D eigenvalue weighted by Crippen LogP contribution is -2.31. The molecule has 0 fully saturated rings. The van der Waals surface area contributed by atoms with Crippen LogP contribution in [0.3, 0.4) is 0 Å². The summed E-state index contributed by atoms with van der Waals surface area (Å²) in [6.45, 7) is 3.31. The molecular formula is C23H21N5O4. The second-order valence-electron chi connectivity index (χ2n) is 6.77. The summed E-state index contributed by atoms with van der Waals surface area (Å²) < 4.78 is 11.5. The Hall–Kier alpha value is -4.45. The Morgan fingerprint density at radius 2 is 1.94 bits per heavy atom. The van der Waals surface area contributed by atoms with E-state index >= 15 is 0 Å². The van der Waals surface area contributed by atoms with Gasteiger partial charge in [-0.3, -0.25) is 9.59 Å². The number of benzene rings is 2. The Morgan fingerprint density at radius 3 is 2.59 bits per heavy atom. The second kappa shape index (κ2) is 9.57. The SMILES string of the molecule is COc1ccc(OC)c(/C=N/NC(=O)c2nn(-c3ccccc3C)c(=O)c(C#N)c2C)c1. The van der Waals surface area contributed by atoms with Crippen LogP contribution < -0.4 is 20.5 Å². The molecule has 0 aliphatic heterocycles. The van der Waals surface area contributed by atoms with E-state index in [9.17, 15) is 14.9 Å². The molecule has 0 aliphatic rings. The van der Waals surface area contributed by atoms with Crippen LogP contribution >= 0.6 is 0 Å². The summed E-state index contributed by atoms with van der Waals surface area (Å²) in [5.41, 5.74) is 3.55. The van der Waals surface area contributed by atoms with Gasteiger partial charge in [0.25, 0.3) is 11.5 Å². The molecular weight excluding hydrogens is 410 g/mol. The molecule has 162 valence electrons. The van der Waals surface area contributed by atoms with Crippen molar-refractivity contribution in [3.63, 3.8) is 0 Å². The number of nitrogens with zero attached hydrogens (tertiary/aromatic N) is 4. The van der Waals surface area contributed by atoms with Crippen LogP contribution in [0.4, 0.5) is 0 Å². The first kappa shape index (κ1) is 22.2. The van der Waals surface area contributed by atoms with Gasteiger partial charge in [-0.15, -0.1) is 0 Å². The van der Waals surface area contributed by atoms with Gasteiger partial charge in [0.2, 0.25) is 0 Å². The van der Waals surface area contributed by atoms with Crippen LogP contribution in [0.25, 0.3) is 5.69 Å². The molecule has 0 saturated carbocycles. The summed E-state index contributed by atoms with van der Waals surface area (Å²) in [6, 6.07) is 14.1. The molecule has 0 radical (unpaired) electrons. The molecule has 0 saturated heterocycles. The number of hydrogen-bond acceptors (Lipinski definition) is 7. The number of amides is 1. The Bertz CT molecular complexity index is 1300. The Morgan fingerprint density at radius 1 is 1.19 bits per heavy atom. The highest BCUT2D eigenvalue weighted by Gasteiger charge is 2.20. The number of aromatic nitrogens is 2. The van der Waals surface area contributed by atoms with Crippen molar-refractivity contribution in [1.82, 2.24) is 15.2 Å². The minimum atomic E-state index is -0.667. The zero-order valence-electron chi connectivity index (χ0n) is 18.0. The number of rotatable bonds is 6. The molecule has 0 atom stereocenters. The lowest BCUT2D eigenvalue weighted by Gasteiger charge is -2.12. The first-order valence-corrected chi connectivity index (χ1v) is 9.56. The number of carbonyl (C=O) groups excluding carboxylic acids is 1. The van der Waals surface area contributed by atoms with Crippen LogP contribution in [0.15, 0.2) is 52.4 Å². The number of carbonyl (C=O) groups is 1. The third-order valence-corrected chi connectivity index (χ3v) is 4.81. The summed E-state index contributed by atoms with van der Waals surface area (Å²) in [5, 5.41) is 17.7. The molecule has 3 aromatic rings. The van der Waals surface area contributed by atoms with E-state index in [0.717, 1.165) is 10.2 Å². The van der Waals surface area contributed by atoms with Crippen molar-refractivity contribution >= 4 is 12.1 Å². The smallest absolute Gasteiger partial charge is 0.292 e. The predicted molar refractivity (Wildman–Crippen MR) is 119 cm³/mol. The van der Waals surface area contributed by atoms with Crippen LogP contribution in [0, 0.1) is 25.2 Å². The average molecular weight is 431 g/mol. The van der Waals surface area contributed by atoms with Crippen LogP contribution in [0.5, 0.6) is 11.5 Å². The monoisotopic (exact) mass is 431 g/mol. The molecule has 0 spiro atoms. The summed E-state index contributed by atoms with van der Waals surface area (Å²) in [7, 11) is 3.05. The van der Waals surface area contributed by atoms with Crippen molar-refractivity contribution in [2.24, 2.45) is 5.10 Å². The van der Waals surface area contributed by atoms with Gasteiger partial charge in [-0.1, -0.05) is 18.2 Å². The third kappa shape index (κ3) is 4.34. The van der Waals surface area contributed by atoms with Crippen molar-refractivity contribution in [2.45, 2.75) is 13.8 Å². The van der Waals surface area contributed by atoms with Gasteiger partial charge in [0.05, 0.1) is 26.1 Å². The van der Waals surface area contributed by atoms with E-state index in [-0.39, 0.29) is 16.8 Å². The summed E-state index contributed by atoms with van der Waals surface area (Å²) in [5.74, 6) is 0.470. The number of nitriles is 1. The Labute approximate surface area is 184 Å². The number of hydrogen-bond donors (Lipinski definition) is 1. The maximum atomic E-state index is 12.8. The lowest BCUT2D eigenvalue weighted by molar-refractivity contribution is 0.0947. The fraction of sp³-hybridized carbons (Fsp3) is 0.174. The maximum absolute atomic E-state index is 12.8. The number of para-hydroxylation sites is 1. The standard InChI is InChI=1S/C23H21N5O4/c1-14-7-5-6-8-19(14)28-23(30)18(12-24)15(2)21(27-28)22(29)26-25-13-16-11-17(31-3)9-10-20(16)32-4/h5-11,13H,1-4H3,(H,26,29)/b25-13+. The van der Waals surface area contributed by atoms with Crippen LogP contribution in [-0.2, 0) is 0 Å². The molecule has 2 aromatic carbocycles. The zero-order valence-corrected chi connectivity index (χ0v) is 18.0. The van der Waals surface area contributed by atoms with Gasteiger partial charge in [0.1, 0.15) is 23.1 Å². The molecule has 1 aromatic heterocycles. The van der Waals surface area contributed by atoms with E-state index in [1.807, 2.05) is 12.1 Å². The minimum Gasteiger partial charge on any atom is -0.497 e.